The fourth-order valence-electron chi connectivity index (χ4n) is 4.96. The van der Waals surface area contributed by atoms with Gasteiger partial charge in [0, 0.05) is 36.3 Å². The Morgan fingerprint density at radius 3 is 2.69 bits per heavy atom. The maximum Gasteiger partial charge on any atom is 0.229 e. The van der Waals surface area contributed by atoms with Gasteiger partial charge in [0.05, 0.1) is 11.7 Å². The van der Waals surface area contributed by atoms with E-state index in [-0.39, 0.29) is 29.2 Å². The maximum atomic E-state index is 15.1. The Labute approximate surface area is 203 Å². The van der Waals surface area contributed by atoms with Crippen molar-refractivity contribution >= 4 is 22.8 Å². The first-order valence-electron chi connectivity index (χ1n) is 12.1. The van der Waals surface area contributed by atoms with Crippen LogP contribution >= 0.6 is 0 Å². The number of benzene rings is 1. The van der Waals surface area contributed by atoms with E-state index in [0.29, 0.717) is 16.9 Å². The van der Waals surface area contributed by atoms with E-state index in [1.807, 2.05) is 23.6 Å². The topological polar surface area (TPSA) is 80.5 Å². The van der Waals surface area contributed by atoms with Gasteiger partial charge in [0.1, 0.15) is 22.9 Å². The first kappa shape index (κ1) is 23.3. The van der Waals surface area contributed by atoms with Gasteiger partial charge >= 0.3 is 0 Å². The molecule has 0 fully saturated rings. The molecule has 5 rings (SSSR count). The summed E-state index contributed by atoms with van der Waals surface area (Å²) in [5.74, 6) is 0.383. The fraction of sp³-hybridized carbons (Fsp3) is 0.385. The molecule has 182 valence electrons. The monoisotopic (exact) mass is 477 g/mol. The van der Waals surface area contributed by atoms with Crippen LogP contribution in [0.3, 0.4) is 0 Å². The molecule has 7 nitrogen and oxygen atoms in total. The lowest BCUT2D eigenvalue weighted by Gasteiger charge is -2.23. The highest BCUT2D eigenvalue weighted by molar-refractivity contribution is 5.83. The Hall–Kier alpha value is -3.46. The van der Waals surface area contributed by atoms with Gasteiger partial charge in [-0.3, -0.25) is 0 Å². The van der Waals surface area contributed by atoms with Crippen molar-refractivity contribution in [3.05, 3.63) is 59.2 Å². The highest BCUT2D eigenvalue weighted by Crippen LogP contribution is 2.32. The molecule has 1 atom stereocenters. The molecule has 0 saturated carbocycles. The van der Waals surface area contributed by atoms with E-state index in [0.717, 1.165) is 49.1 Å². The van der Waals surface area contributed by atoms with Gasteiger partial charge in [0.15, 0.2) is 11.6 Å². The molecule has 4 heterocycles. The molecule has 2 N–H and O–H groups in total. The van der Waals surface area contributed by atoms with E-state index in [1.165, 1.54) is 6.07 Å². The number of rotatable bonds is 6. The summed E-state index contributed by atoms with van der Waals surface area (Å²) in [7, 11) is 0. The zero-order chi connectivity index (χ0) is 24.7. The maximum absolute atomic E-state index is 15.1. The Kier molecular flexibility index (Phi) is 6.19. The molecule has 0 amide bonds. The standard InChI is InChI=1S/C26H29F2N7/c1-5-17(6-2)35-15(4)31-25-19(27)11-16(12-22(25)35)24-20(28)13-30-26(34-24)33-23-8-7-18-14(3)29-10-9-21(18)32-23/h7-8,11-14,17,29H,5-6,9-10H2,1-4H3,(H,30,32,33,34)/t14-/m1/s1. The number of anilines is 2. The summed E-state index contributed by atoms with van der Waals surface area (Å²) in [4.78, 5) is 17.6. The van der Waals surface area contributed by atoms with Gasteiger partial charge in [-0.2, -0.15) is 0 Å². The van der Waals surface area contributed by atoms with Crippen molar-refractivity contribution in [2.24, 2.45) is 0 Å². The minimum absolute atomic E-state index is 0.0223. The first-order chi connectivity index (χ1) is 16.9. The van der Waals surface area contributed by atoms with E-state index >= 15 is 4.39 Å². The van der Waals surface area contributed by atoms with Crippen LogP contribution in [0, 0.1) is 18.6 Å². The van der Waals surface area contributed by atoms with E-state index < -0.39 is 11.6 Å². The van der Waals surface area contributed by atoms with Gasteiger partial charge in [-0.15, -0.1) is 0 Å². The van der Waals surface area contributed by atoms with E-state index in [1.54, 1.807) is 6.07 Å². The van der Waals surface area contributed by atoms with Crippen LogP contribution in [0.15, 0.2) is 30.5 Å². The minimum atomic E-state index is -0.627. The van der Waals surface area contributed by atoms with Crippen molar-refractivity contribution in [3.8, 4) is 11.3 Å². The molecule has 4 aromatic rings. The second-order valence-electron chi connectivity index (χ2n) is 9.00. The highest BCUT2D eigenvalue weighted by atomic mass is 19.1. The molecule has 0 spiro atoms. The van der Waals surface area contributed by atoms with Crippen molar-refractivity contribution in [3.63, 3.8) is 0 Å². The Balaban J connectivity index is 1.53. The summed E-state index contributed by atoms with van der Waals surface area (Å²) in [6.07, 6.45) is 3.69. The first-order valence-corrected chi connectivity index (χ1v) is 12.1. The zero-order valence-electron chi connectivity index (χ0n) is 20.4. The van der Waals surface area contributed by atoms with Crippen LogP contribution in [0.4, 0.5) is 20.5 Å². The zero-order valence-corrected chi connectivity index (χ0v) is 20.4. The smallest absolute Gasteiger partial charge is 0.229 e. The van der Waals surface area contributed by atoms with E-state index in [2.05, 4.69) is 46.4 Å². The van der Waals surface area contributed by atoms with Gasteiger partial charge in [-0.05, 0) is 50.5 Å². The van der Waals surface area contributed by atoms with Gasteiger partial charge in [0.2, 0.25) is 5.95 Å². The molecule has 0 radical (unpaired) electrons. The molecule has 1 aromatic carbocycles. The normalized spacial score (nSPS) is 15.6. The number of pyridine rings is 1. The van der Waals surface area contributed by atoms with Crippen molar-refractivity contribution < 1.29 is 8.78 Å². The number of halogens is 2. The molecular weight excluding hydrogens is 448 g/mol. The summed E-state index contributed by atoms with van der Waals surface area (Å²) < 4.78 is 32.0. The summed E-state index contributed by atoms with van der Waals surface area (Å²) in [6, 6.07) is 7.35. The van der Waals surface area contributed by atoms with E-state index in [9.17, 15) is 4.39 Å². The lowest BCUT2D eigenvalue weighted by atomic mass is 10.0. The lowest BCUT2D eigenvalue weighted by molar-refractivity contribution is 0.473. The third-order valence-electron chi connectivity index (χ3n) is 6.78. The third-order valence-corrected chi connectivity index (χ3v) is 6.78. The molecule has 0 aliphatic carbocycles. The third kappa shape index (κ3) is 4.25. The summed E-state index contributed by atoms with van der Waals surface area (Å²) >= 11 is 0. The van der Waals surface area contributed by atoms with Crippen LogP contribution in [-0.4, -0.2) is 31.0 Å². The van der Waals surface area contributed by atoms with Crippen LogP contribution in [0.25, 0.3) is 22.3 Å². The molecule has 0 bridgehead atoms. The predicted molar refractivity (Wildman–Crippen MR) is 133 cm³/mol. The fourth-order valence-corrected chi connectivity index (χ4v) is 4.96. The van der Waals surface area contributed by atoms with Crippen molar-refractivity contribution in [1.82, 2.24) is 29.8 Å². The van der Waals surface area contributed by atoms with Crippen molar-refractivity contribution in [1.29, 1.82) is 0 Å². The molecule has 0 unspecified atom stereocenters. The summed E-state index contributed by atoms with van der Waals surface area (Å²) in [5.41, 5.74) is 3.46. The summed E-state index contributed by atoms with van der Waals surface area (Å²) in [6.45, 7) is 9.02. The molecular formula is C26H29F2N7. The molecule has 0 saturated heterocycles. The Morgan fingerprint density at radius 1 is 1.11 bits per heavy atom. The number of fused-ring (bicyclic) bond motifs is 2. The average molecular weight is 478 g/mol. The number of nitrogens with one attached hydrogen (secondary N) is 2. The lowest BCUT2D eigenvalue weighted by Crippen LogP contribution is -2.28. The number of aromatic nitrogens is 5. The quantitative estimate of drug-likeness (QED) is 0.366. The van der Waals surface area contributed by atoms with Crippen molar-refractivity contribution in [2.75, 3.05) is 11.9 Å². The number of aryl methyl sites for hydroxylation is 1. The molecule has 3 aromatic heterocycles. The largest absolute Gasteiger partial charge is 0.325 e. The predicted octanol–water partition coefficient (Wildman–Crippen LogP) is 5.79. The minimum Gasteiger partial charge on any atom is -0.325 e. The number of nitrogens with zero attached hydrogens (tertiary/aromatic N) is 5. The molecule has 9 heteroatoms. The van der Waals surface area contributed by atoms with Crippen molar-refractivity contribution in [2.45, 2.75) is 59.0 Å². The second kappa shape index (κ2) is 9.30. The molecule has 35 heavy (non-hydrogen) atoms. The Morgan fingerprint density at radius 2 is 1.91 bits per heavy atom. The summed E-state index contributed by atoms with van der Waals surface area (Å²) in [5, 5.41) is 6.49. The van der Waals surface area contributed by atoms with Crippen LogP contribution in [0.2, 0.25) is 0 Å². The molecule has 1 aliphatic heterocycles. The SMILES string of the molecule is CCC(CC)n1c(C)nc2c(F)cc(-c3nc(Nc4ccc5c(n4)CCN[C@@H]5C)ncc3F)cc21. The average Bonchev–Trinajstić information content (AvgIpc) is 3.18. The Bertz CT molecular complexity index is 1390. The van der Waals surface area contributed by atoms with Crippen LogP contribution in [0.1, 0.15) is 62.8 Å². The number of hydrogen-bond donors (Lipinski definition) is 2. The van der Waals surface area contributed by atoms with Gasteiger partial charge in [-0.1, -0.05) is 19.9 Å². The molecule has 1 aliphatic rings. The van der Waals surface area contributed by atoms with Gasteiger partial charge in [0.25, 0.3) is 0 Å². The van der Waals surface area contributed by atoms with Crippen LogP contribution in [-0.2, 0) is 6.42 Å². The number of hydrogen-bond acceptors (Lipinski definition) is 6. The van der Waals surface area contributed by atoms with Crippen LogP contribution in [0.5, 0.6) is 0 Å². The van der Waals surface area contributed by atoms with Crippen LogP contribution < -0.4 is 10.6 Å². The van der Waals surface area contributed by atoms with E-state index in [4.69, 9.17) is 4.98 Å². The number of imidazole rings is 1. The highest BCUT2D eigenvalue weighted by Gasteiger charge is 2.21. The van der Waals surface area contributed by atoms with Gasteiger partial charge in [-0.25, -0.2) is 28.7 Å². The second-order valence-corrected chi connectivity index (χ2v) is 9.00. The van der Waals surface area contributed by atoms with Gasteiger partial charge < -0.3 is 15.2 Å².